The van der Waals surface area contributed by atoms with E-state index in [0.717, 1.165) is 0 Å². The number of imidazole rings is 1. The molecule has 4 nitrogen and oxygen atoms in total. The average Bonchev–Trinajstić information content (AvgIpc) is 2.15. The van der Waals surface area contributed by atoms with Crippen molar-refractivity contribution in [1.82, 2.24) is 14.6 Å². The summed E-state index contributed by atoms with van der Waals surface area (Å²) in [5.41, 5.74) is 0.671. The van der Waals surface area contributed by atoms with Gasteiger partial charge in [-0.15, -0.1) is 5.10 Å². The summed E-state index contributed by atoms with van der Waals surface area (Å²) in [5.74, 6) is 0. The second-order valence-corrected chi connectivity index (χ2v) is 1.42. The second-order valence-electron chi connectivity index (χ2n) is 1.42. The normalized spacial score (nSPS) is 10.5. The van der Waals surface area contributed by atoms with Crippen LogP contribution in [-0.2, 0) is 0 Å². The Kier molecular flexibility index (Phi) is 0.498. The Morgan fingerprint density at radius 3 is 3.50 bits per heavy atom. The van der Waals surface area contributed by atoms with E-state index in [1.54, 1.807) is 17.0 Å². The van der Waals surface area contributed by atoms with E-state index in [1.807, 2.05) is 0 Å². The van der Waals surface area contributed by atoms with E-state index in [4.69, 9.17) is 4.42 Å². The van der Waals surface area contributed by atoms with Crippen LogP contribution in [0.4, 0.5) is 0 Å². The fraction of sp³-hybridized carbons (Fsp3) is 0. The van der Waals surface area contributed by atoms with Crippen molar-refractivity contribution < 1.29 is 4.42 Å². The Balaban J connectivity index is 3.06. The summed E-state index contributed by atoms with van der Waals surface area (Å²) in [6.45, 7) is 0. The second kappa shape index (κ2) is 1.09. The number of aromatic nitrogens is 3. The van der Waals surface area contributed by atoms with Crippen molar-refractivity contribution in [1.29, 1.82) is 0 Å². The van der Waals surface area contributed by atoms with Crippen molar-refractivity contribution in [3.63, 3.8) is 0 Å². The van der Waals surface area contributed by atoms with E-state index in [-0.39, 0.29) is 0 Å². The van der Waals surface area contributed by atoms with E-state index in [0.29, 0.717) is 5.71 Å². The molecule has 0 radical (unpaired) electrons. The van der Waals surface area contributed by atoms with Gasteiger partial charge < -0.3 is 4.42 Å². The smallest absolute Gasteiger partial charge is 0.241 e. The van der Waals surface area contributed by atoms with Gasteiger partial charge in [-0.2, -0.15) is 4.52 Å². The molecule has 0 N–H and O–H groups in total. The average molecular weight is 109 g/mol. The minimum atomic E-state index is 0.671. The fourth-order valence-electron chi connectivity index (χ4n) is 0.576. The summed E-state index contributed by atoms with van der Waals surface area (Å²) < 4.78 is 6.40. The highest BCUT2D eigenvalue weighted by Gasteiger charge is 1.91. The topological polar surface area (TPSA) is 43.3 Å². The minimum Gasteiger partial charge on any atom is -0.424 e. The predicted molar refractivity (Wildman–Crippen MR) is 25.3 cm³/mol. The summed E-state index contributed by atoms with van der Waals surface area (Å²) in [7, 11) is 0. The first-order chi connectivity index (χ1) is 3.97. The van der Waals surface area contributed by atoms with Crippen LogP contribution in [0.1, 0.15) is 0 Å². The van der Waals surface area contributed by atoms with Gasteiger partial charge in [0, 0.05) is 0 Å². The lowest BCUT2D eigenvalue weighted by molar-refractivity contribution is 0.600. The van der Waals surface area contributed by atoms with E-state index < -0.39 is 0 Å². The van der Waals surface area contributed by atoms with Gasteiger partial charge in [-0.25, -0.2) is 4.98 Å². The fourth-order valence-corrected chi connectivity index (χ4v) is 0.576. The molecular weight excluding hydrogens is 106 g/mol. The summed E-state index contributed by atoms with van der Waals surface area (Å²) >= 11 is 0. The van der Waals surface area contributed by atoms with Crippen LogP contribution in [0.25, 0.3) is 5.71 Å². The van der Waals surface area contributed by atoms with Crippen molar-refractivity contribution in [2.45, 2.75) is 0 Å². The van der Waals surface area contributed by atoms with Crippen LogP contribution in [0.2, 0.25) is 0 Å². The molecule has 2 rings (SSSR count). The lowest BCUT2D eigenvalue weighted by Gasteiger charge is -1.67. The molecule has 4 heteroatoms. The van der Waals surface area contributed by atoms with Gasteiger partial charge in [0.05, 0.1) is 6.20 Å². The summed E-state index contributed by atoms with van der Waals surface area (Å²) in [5, 5.41) is 3.77. The van der Waals surface area contributed by atoms with Crippen LogP contribution in [-0.4, -0.2) is 14.6 Å². The van der Waals surface area contributed by atoms with Crippen molar-refractivity contribution in [2.75, 3.05) is 0 Å². The maximum Gasteiger partial charge on any atom is 0.241 e. The Morgan fingerprint density at radius 1 is 1.62 bits per heavy atom. The Labute approximate surface area is 44.8 Å². The molecule has 0 aliphatic carbocycles. The Hall–Kier alpha value is -1.32. The highest BCUT2D eigenvalue weighted by Crippen LogP contribution is 1.95. The molecule has 0 aliphatic heterocycles. The number of hydrogen-bond acceptors (Lipinski definition) is 3. The molecule has 8 heavy (non-hydrogen) atoms. The third kappa shape index (κ3) is 0.294. The van der Waals surface area contributed by atoms with E-state index >= 15 is 0 Å². The number of hydrogen-bond donors (Lipinski definition) is 0. The lowest BCUT2D eigenvalue weighted by Crippen LogP contribution is -1.75. The van der Waals surface area contributed by atoms with Crippen molar-refractivity contribution in [3.05, 3.63) is 18.9 Å². The van der Waals surface area contributed by atoms with Crippen LogP contribution in [0.15, 0.2) is 23.3 Å². The van der Waals surface area contributed by atoms with Gasteiger partial charge in [0.2, 0.25) is 12.1 Å². The van der Waals surface area contributed by atoms with Crippen LogP contribution in [0, 0.1) is 0 Å². The molecule has 0 atom stereocenters. The molecule has 0 saturated carbocycles. The highest BCUT2D eigenvalue weighted by molar-refractivity contribution is 5.26. The van der Waals surface area contributed by atoms with Crippen LogP contribution in [0.3, 0.4) is 0 Å². The molecule has 0 aromatic carbocycles. The lowest BCUT2D eigenvalue weighted by atomic mass is 10.9. The molecule has 0 amide bonds. The van der Waals surface area contributed by atoms with Crippen molar-refractivity contribution in [2.24, 2.45) is 0 Å². The third-order valence-corrected chi connectivity index (χ3v) is 0.932. The molecule has 40 valence electrons. The number of rotatable bonds is 0. The highest BCUT2D eigenvalue weighted by atomic mass is 16.4. The minimum absolute atomic E-state index is 0.671. The Bertz CT molecular complexity index is 233. The molecule has 2 heterocycles. The molecule has 0 saturated heterocycles. The van der Waals surface area contributed by atoms with Crippen molar-refractivity contribution >= 4 is 5.71 Å². The van der Waals surface area contributed by atoms with E-state index in [2.05, 4.69) is 10.1 Å². The molecule has 0 spiro atoms. The zero-order valence-electron chi connectivity index (χ0n) is 3.98. The third-order valence-electron chi connectivity index (χ3n) is 0.932. The maximum atomic E-state index is 4.85. The zero-order valence-corrected chi connectivity index (χ0v) is 3.98. The molecule has 0 fully saturated rings. The van der Waals surface area contributed by atoms with Crippen LogP contribution >= 0.6 is 0 Å². The Morgan fingerprint density at radius 2 is 2.62 bits per heavy atom. The van der Waals surface area contributed by atoms with Gasteiger partial charge in [-0.05, 0) is 0 Å². The first-order valence-corrected chi connectivity index (χ1v) is 2.18. The summed E-state index contributed by atoms with van der Waals surface area (Å²) in [4.78, 5) is 3.77. The van der Waals surface area contributed by atoms with Crippen LogP contribution in [0.5, 0.6) is 0 Å². The standard InChI is InChI=1S/C4H3N3O/c1-4-7(2-5-1)6-3-8-4/h1-3H. The van der Waals surface area contributed by atoms with E-state index in [1.165, 1.54) is 6.39 Å². The van der Waals surface area contributed by atoms with Crippen molar-refractivity contribution in [3.8, 4) is 0 Å². The monoisotopic (exact) mass is 109 g/mol. The first-order valence-electron chi connectivity index (χ1n) is 2.18. The van der Waals surface area contributed by atoms with Gasteiger partial charge in [0.1, 0.15) is 6.33 Å². The maximum absolute atomic E-state index is 4.85. The quantitative estimate of drug-likeness (QED) is 0.489. The SMILES string of the molecule is c1nn2cncc2o1. The van der Waals surface area contributed by atoms with E-state index in [9.17, 15) is 0 Å². The molecule has 0 bridgehead atoms. The molecular formula is C4H3N3O. The zero-order chi connectivity index (χ0) is 5.40. The van der Waals surface area contributed by atoms with Gasteiger partial charge in [0.15, 0.2) is 0 Å². The van der Waals surface area contributed by atoms with Crippen LogP contribution < -0.4 is 0 Å². The number of fused-ring (bicyclic) bond motifs is 1. The largest absolute Gasteiger partial charge is 0.424 e. The molecule has 2 aromatic heterocycles. The van der Waals surface area contributed by atoms with Gasteiger partial charge >= 0.3 is 0 Å². The summed E-state index contributed by atoms with van der Waals surface area (Å²) in [6, 6.07) is 0. The van der Waals surface area contributed by atoms with Gasteiger partial charge in [-0.3, -0.25) is 0 Å². The number of nitrogens with zero attached hydrogens (tertiary/aromatic N) is 3. The van der Waals surface area contributed by atoms with Gasteiger partial charge in [0.25, 0.3) is 0 Å². The molecule has 2 aromatic rings. The summed E-state index contributed by atoms with van der Waals surface area (Å²) in [6.07, 6.45) is 4.56. The first kappa shape index (κ1) is 3.65. The predicted octanol–water partition coefficient (Wildman–Crippen LogP) is 0.322. The molecule has 0 aliphatic rings. The van der Waals surface area contributed by atoms with Gasteiger partial charge in [-0.1, -0.05) is 0 Å². The molecule has 0 unspecified atom stereocenters.